The third-order valence-electron chi connectivity index (χ3n) is 4.04. The quantitative estimate of drug-likeness (QED) is 0.721. The number of hydrogen-bond donors (Lipinski definition) is 2. The van der Waals surface area contributed by atoms with Crippen LogP contribution in [0.2, 0.25) is 5.02 Å². The van der Waals surface area contributed by atoms with Crippen LogP contribution < -0.4 is 5.32 Å². The fourth-order valence-corrected chi connectivity index (χ4v) is 2.57. The van der Waals surface area contributed by atoms with Crippen molar-refractivity contribution < 1.29 is 0 Å². The van der Waals surface area contributed by atoms with Gasteiger partial charge in [0.15, 0.2) is 0 Å². The Morgan fingerprint density at radius 3 is 2.86 bits per heavy atom. The van der Waals surface area contributed by atoms with E-state index < -0.39 is 0 Å². The Morgan fingerprint density at radius 2 is 2.10 bits per heavy atom. The zero-order chi connectivity index (χ0) is 15.2. The average molecular weight is 308 g/mol. The smallest absolute Gasteiger partial charge is 0.0472 e. The second kappa shape index (κ2) is 7.83. The highest BCUT2D eigenvalue weighted by molar-refractivity contribution is 6.31. The lowest BCUT2D eigenvalue weighted by Crippen LogP contribution is -2.27. The molecule has 1 aromatic heterocycles. The van der Waals surface area contributed by atoms with Crippen molar-refractivity contribution in [2.75, 3.05) is 20.1 Å². The molecule has 0 unspecified atom stereocenters. The maximum absolute atomic E-state index is 6.00. The van der Waals surface area contributed by atoms with Crippen LogP contribution in [0.25, 0.3) is 10.9 Å². The summed E-state index contributed by atoms with van der Waals surface area (Å²) in [4.78, 5) is 5.67. The standard InChI is InChI=1S/C17H26ClN3/c1-13(2)21(3)9-5-4-8-19-11-14-12-20-17-10-15(18)6-7-16(14)17/h6-7,10,12-13,19-20H,4-5,8-9,11H2,1-3H3. The van der Waals surface area contributed by atoms with Gasteiger partial charge in [-0.3, -0.25) is 0 Å². The zero-order valence-electron chi connectivity index (χ0n) is 13.2. The molecule has 3 nitrogen and oxygen atoms in total. The summed E-state index contributed by atoms with van der Waals surface area (Å²) in [6.45, 7) is 7.61. The van der Waals surface area contributed by atoms with Crippen molar-refractivity contribution in [3.63, 3.8) is 0 Å². The van der Waals surface area contributed by atoms with Crippen molar-refractivity contribution in [3.8, 4) is 0 Å². The van der Waals surface area contributed by atoms with E-state index >= 15 is 0 Å². The number of aromatic nitrogens is 1. The maximum Gasteiger partial charge on any atom is 0.0472 e. The van der Waals surface area contributed by atoms with Crippen molar-refractivity contribution in [1.29, 1.82) is 0 Å². The van der Waals surface area contributed by atoms with Gasteiger partial charge in [0.2, 0.25) is 0 Å². The summed E-state index contributed by atoms with van der Waals surface area (Å²) >= 11 is 6.00. The molecule has 1 heterocycles. The molecule has 0 amide bonds. The van der Waals surface area contributed by atoms with E-state index in [1.165, 1.54) is 30.3 Å². The predicted molar refractivity (Wildman–Crippen MR) is 92.0 cm³/mol. The predicted octanol–water partition coefficient (Wildman–Crippen LogP) is 4.03. The number of halogens is 1. The van der Waals surface area contributed by atoms with Crippen LogP contribution in [0.1, 0.15) is 32.3 Å². The average Bonchev–Trinajstić information content (AvgIpc) is 2.84. The number of rotatable bonds is 8. The monoisotopic (exact) mass is 307 g/mol. The molecule has 21 heavy (non-hydrogen) atoms. The molecule has 4 heteroatoms. The van der Waals surface area contributed by atoms with Crippen LogP contribution in [0.15, 0.2) is 24.4 Å². The number of aromatic amines is 1. The highest BCUT2D eigenvalue weighted by Gasteiger charge is 2.04. The minimum Gasteiger partial charge on any atom is -0.361 e. The summed E-state index contributed by atoms with van der Waals surface area (Å²) in [5, 5.41) is 5.56. The maximum atomic E-state index is 6.00. The Morgan fingerprint density at radius 1 is 1.29 bits per heavy atom. The molecule has 0 atom stereocenters. The molecule has 0 spiro atoms. The van der Waals surface area contributed by atoms with E-state index in [1.807, 2.05) is 12.1 Å². The van der Waals surface area contributed by atoms with E-state index in [9.17, 15) is 0 Å². The first kappa shape index (κ1) is 16.3. The summed E-state index contributed by atoms with van der Waals surface area (Å²) in [6.07, 6.45) is 4.52. The van der Waals surface area contributed by atoms with Crippen molar-refractivity contribution in [3.05, 3.63) is 35.0 Å². The second-order valence-electron chi connectivity index (χ2n) is 5.96. The van der Waals surface area contributed by atoms with E-state index in [-0.39, 0.29) is 0 Å². The number of unbranched alkanes of at least 4 members (excludes halogenated alkanes) is 1. The molecule has 0 aliphatic rings. The Balaban J connectivity index is 1.71. The molecule has 0 aliphatic carbocycles. The lowest BCUT2D eigenvalue weighted by Gasteiger charge is -2.20. The van der Waals surface area contributed by atoms with Crippen LogP contribution in [0, 0.1) is 0 Å². The van der Waals surface area contributed by atoms with Gasteiger partial charge in [-0.15, -0.1) is 0 Å². The van der Waals surface area contributed by atoms with Gasteiger partial charge < -0.3 is 15.2 Å². The molecule has 0 aliphatic heterocycles. The zero-order valence-corrected chi connectivity index (χ0v) is 14.0. The first-order valence-electron chi connectivity index (χ1n) is 7.74. The van der Waals surface area contributed by atoms with Gasteiger partial charge in [-0.05, 0) is 64.5 Å². The first-order chi connectivity index (χ1) is 10.1. The van der Waals surface area contributed by atoms with Gasteiger partial charge in [0.05, 0.1) is 0 Å². The number of H-pyrrole nitrogens is 1. The number of fused-ring (bicyclic) bond motifs is 1. The highest BCUT2D eigenvalue weighted by Crippen LogP contribution is 2.21. The Hall–Kier alpha value is -1.03. The van der Waals surface area contributed by atoms with Gasteiger partial charge in [0, 0.05) is 34.7 Å². The van der Waals surface area contributed by atoms with E-state index in [0.29, 0.717) is 6.04 Å². The Labute approximate surface area is 132 Å². The third-order valence-corrected chi connectivity index (χ3v) is 4.28. The van der Waals surface area contributed by atoms with Gasteiger partial charge in [0.1, 0.15) is 0 Å². The molecule has 0 saturated carbocycles. The summed E-state index contributed by atoms with van der Waals surface area (Å²) < 4.78 is 0. The van der Waals surface area contributed by atoms with Gasteiger partial charge in [-0.2, -0.15) is 0 Å². The normalized spacial score (nSPS) is 11.9. The van der Waals surface area contributed by atoms with E-state index in [1.54, 1.807) is 0 Å². The second-order valence-corrected chi connectivity index (χ2v) is 6.40. The summed E-state index contributed by atoms with van der Waals surface area (Å²) in [5.74, 6) is 0. The molecule has 2 rings (SSSR count). The largest absolute Gasteiger partial charge is 0.361 e. The van der Waals surface area contributed by atoms with Crippen LogP contribution >= 0.6 is 11.6 Å². The van der Waals surface area contributed by atoms with Crippen molar-refractivity contribution in [2.45, 2.75) is 39.3 Å². The lowest BCUT2D eigenvalue weighted by atomic mass is 10.2. The molecule has 0 bridgehead atoms. The summed E-state index contributed by atoms with van der Waals surface area (Å²) in [6, 6.07) is 6.64. The van der Waals surface area contributed by atoms with Gasteiger partial charge in [-0.25, -0.2) is 0 Å². The van der Waals surface area contributed by atoms with Crippen molar-refractivity contribution in [1.82, 2.24) is 15.2 Å². The van der Waals surface area contributed by atoms with E-state index in [2.05, 4.69) is 48.4 Å². The molecule has 2 aromatic rings. The molecule has 0 radical (unpaired) electrons. The Bertz CT molecular complexity index is 562. The van der Waals surface area contributed by atoms with Gasteiger partial charge in [-0.1, -0.05) is 17.7 Å². The summed E-state index contributed by atoms with van der Waals surface area (Å²) in [5.41, 5.74) is 2.42. The fourth-order valence-electron chi connectivity index (χ4n) is 2.40. The molecule has 0 fully saturated rings. The molecular weight excluding hydrogens is 282 g/mol. The minimum absolute atomic E-state index is 0.635. The third kappa shape index (κ3) is 4.73. The van der Waals surface area contributed by atoms with Crippen LogP contribution in [0.3, 0.4) is 0 Å². The number of nitrogens with zero attached hydrogens (tertiary/aromatic N) is 1. The van der Waals surface area contributed by atoms with E-state index in [4.69, 9.17) is 11.6 Å². The SMILES string of the molecule is CC(C)N(C)CCCCNCc1c[nH]c2cc(Cl)ccc12. The Kier molecular flexibility index (Phi) is 6.09. The number of hydrogen-bond acceptors (Lipinski definition) is 2. The molecule has 116 valence electrons. The minimum atomic E-state index is 0.635. The van der Waals surface area contributed by atoms with Gasteiger partial charge in [0.25, 0.3) is 0 Å². The lowest BCUT2D eigenvalue weighted by molar-refractivity contribution is 0.268. The molecule has 2 N–H and O–H groups in total. The first-order valence-corrected chi connectivity index (χ1v) is 8.12. The van der Waals surface area contributed by atoms with Crippen LogP contribution in [0.4, 0.5) is 0 Å². The van der Waals surface area contributed by atoms with Crippen LogP contribution in [-0.2, 0) is 6.54 Å². The number of nitrogens with one attached hydrogen (secondary N) is 2. The highest BCUT2D eigenvalue weighted by atomic mass is 35.5. The number of benzene rings is 1. The summed E-state index contributed by atoms with van der Waals surface area (Å²) in [7, 11) is 2.19. The van der Waals surface area contributed by atoms with Crippen molar-refractivity contribution >= 4 is 22.5 Å². The van der Waals surface area contributed by atoms with E-state index in [0.717, 1.165) is 23.6 Å². The van der Waals surface area contributed by atoms with Crippen molar-refractivity contribution in [2.24, 2.45) is 0 Å². The van der Waals surface area contributed by atoms with Crippen LogP contribution in [-0.4, -0.2) is 36.1 Å². The van der Waals surface area contributed by atoms with Gasteiger partial charge >= 0.3 is 0 Å². The molecule has 1 aromatic carbocycles. The topological polar surface area (TPSA) is 31.1 Å². The van der Waals surface area contributed by atoms with Crippen LogP contribution in [0.5, 0.6) is 0 Å². The molecule has 0 saturated heterocycles. The fraction of sp³-hybridized carbons (Fsp3) is 0.529. The molecular formula is C17H26ClN3.